The van der Waals surface area contributed by atoms with E-state index in [0.717, 1.165) is 10.8 Å². The number of aromatic nitrogens is 2. The van der Waals surface area contributed by atoms with Crippen LogP contribution in [0.4, 0.5) is 11.4 Å². The van der Waals surface area contributed by atoms with E-state index in [0.29, 0.717) is 0 Å². The van der Waals surface area contributed by atoms with Crippen molar-refractivity contribution in [1.82, 2.24) is 9.55 Å². The zero-order valence-corrected chi connectivity index (χ0v) is 14.3. The topological polar surface area (TPSA) is 131 Å². The first-order chi connectivity index (χ1) is 12.9. The largest absolute Gasteiger partial charge is 0.493 e. The first kappa shape index (κ1) is 18.1. The highest BCUT2D eigenvalue weighted by Crippen LogP contribution is 2.27. The third-order valence-electron chi connectivity index (χ3n) is 3.63. The maximum absolute atomic E-state index is 12.1. The number of H-pyrrole nitrogens is 1. The van der Waals surface area contributed by atoms with Gasteiger partial charge >= 0.3 is 5.69 Å². The van der Waals surface area contributed by atoms with E-state index in [1.165, 1.54) is 36.4 Å². The van der Waals surface area contributed by atoms with Crippen LogP contribution in [0.3, 0.4) is 0 Å². The standard InChI is InChI=1S/C17H11ClN4O5/c18-11-5-1-3-7-13(11)21-16(24)10(15(23)20-17(21)25)9-19-12-6-2-4-8-14(12)22(26)27/h1-9,24H,(H,20,23,25). The lowest BCUT2D eigenvalue weighted by molar-refractivity contribution is -0.384. The van der Waals surface area contributed by atoms with E-state index in [2.05, 4.69) is 9.98 Å². The van der Waals surface area contributed by atoms with Gasteiger partial charge in [0, 0.05) is 12.3 Å². The second-order valence-electron chi connectivity index (χ2n) is 5.29. The highest BCUT2D eigenvalue weighted by Gasteiger charge is 2.17. The van der Waals surface area contributed by atoms with Crippen molar-refractivity contribution in [3.63, 3.8) is 0 Å². The summed E-state index contributed by atoms with van der Waals surface area (Å²) in [4.78, 5) is 40.6. The fraction of sp³-hybridized carbons (Fsp3) is 0. The maximum atomic E-state index is 12.1. The van der Waals surface area contributed by atoms with Gasteiger partial charge in [0.05, 0.1) is 15.6 Å². The Morgan fingerprint density at radius 2 is 1.81 bits per heavy atom. The summed E-state index contributed by atoms with van der Waals surface area (Å²) >= 11 is 6.05. The van der Waals surface area contributed by atoms with Gasteiger partial charge in [0.25, 0.3) is 11.2 Å². The Hall–Kier alpha value is -3.72. The van der Waals surface area contributed by atoms with Crippen molar-refractivity contribution in [2.75, 3.05) is 0 Å². The summed E-state index contributed by atoms with van der Waals surface area (Å²) in [6, 6.07) is 11.9. The van der Waals surface area contributed by atoms with E-state index < -0.39 is 22.1 Å². The van der Waals surface area contributed by atoms with Crippen LogP contribution in [0.15, 0.2) is 63.1 Å². The van der Waals surface area contributed by atoms with E-state index in [1.807, 2.05) is 0 Å². The SMILES string of the molecule is O=c1[nH]c(=O)n(-c2ccccc2Cl)c(O)c1C=Nc1ccccc1[N+](=O)[O-]. The number of nitro benzene ring substituents is 1. The van der Waals surface area contributed by atoms with Gasteiger partial charge in [-0.3, -0.25) is 19.9 Å². The van der Waals surface area contributed by atoms with Crippen molar-refractivity contribution >= 4 is 29.2 Å². The molecule has 10 heteroatoms. The molecule has 0 unspecified atom stereocenters. The van der Waals surface area contributed by atoms with Crippen molar-refractivity contribution in [2.24, 2.45) is 4.99 Å². The predicted octanol–water partition coefficient (Wildman–Crippen LogP) is 2.54. The zero-order valence-electron chi connectivity index (χ0n) is 13.5. The average Bonchev–Trinajstić information content (AvgIpc) is 2.63. The van der Waals surface area contributed by atoms with Gasteiger partial charge in [0.15, 0.2) is 0 Å². The number of nitrogens with one attached hydrogen (secondary N) is 1. The predicted molar refractivity (Wildman–Crippen MR) is 99.7 cm³/mol. The Morgan fingerprint density at radius 3 is 2.52 bits per heavy atom. The monoisotopic (exact) mass is 386 g/mol. The van der Waals surface area contributed by atoms with Crippen LogP contribution in [-0.2, 0) is 0 Å². The van der Waals surface area contributed by atoms with Gasteiger partial charge in [-0.2, -0.15) is 0 Å². The minimum absolute atomic E-state index is 0.0169. The van der Waals surface area contributed by atoms with Crippen molar-refractivity contribution in [1.29, 1.82) is 0 Å². The molecule has 2 aromatic carbocycles. The molecule has 0 bridgehead atoms. The van der Waals surface area contributed by atoms with Gasteiger partial charge in [-0.15, -0.1) is 0 Å². The number of aromatic amines is 1. The molecular formula is C17H11ClN4O5. The molecule has 3 rings (SSSR count). The molecule has 0 saturated carbocycles. The lowest BCUT2D eigenvalue weighted by Crippen LogP contribution is -2.31. The molecule has 0 spiro atoms. The molecule has 0 aliphatic heterocycles. The number of nitrogens with zero attached hydrogens (tertiary/aromatic N) is 3. The van der Waals surface area contributed by atoms with Gasteiger partial charge in [0.1, 0.15) is 11.3 Å². The average molecular weight is 387 g/mol. The van der Waals surface area contributed by atoms with Crippen molar-refractivity contribution in [3.05, 3.63) is 90.1 Å². The number of aromatic hydroxyl groups is 1. The molecule has 0 fully saturated rings. The van der Waals surface area contributed by atoms with Crippen LogP contribution in [0.25, 0.3) is 5.69 Å². The molecule has 3 aromatic rings. The zero-order chi connectivity index (χ0) is 19.6. The Bertz CT molecular complexity index is 1180. The highest BCUT2D eigenvalue weighted by atomic mass is 35.5. The van der Waals surface area contributed by atoms with Crippen LogP contribution < -0.4 is 11.2 Å². The number of benzene rings is 2. The number of halogens is 1. The normalized spacial score (nSPS) is 11.0. The number of hydrogen-bond acceptors (Lipinski definition) is 6. The van der Waals surface area contributed by atoms with Gasteiger partial charge in [-0.05, 0) is 18.2 Å². The van der Waals surface area contributed by atoms with Crippen LogP contribution in [0.1, 0.15) is 5.56 Å². The maximum Gasteiger partial charge on any atom is 0.335 e. The van der Waals surface area contributed by atoms with Crippen LogP contribution in [0.5, 0.6) is 5.88 Å². The third-order valence-corrected chi connectivity index (χ3v) is 3.95. The second-order valence-corrected chi connectivity index (χ2v) is 5.69. The third kappa shape index (κ3) is 3.48. The fourth-order valence-corrected chi connectivity index (χ4v) is 2.59. The molecule has 2 N–H and O–H groups in total. The number of aliphatic imine (C=N–C) groups is 1. The van der Waals surface area contributed by atoms with Crippen LogP contribution in [0.2, 0.25) is 5.02 Å². The summed E-state index contributed by atoms with van der Waals surface area (Å²) in [5.74, 6) is -0.695. The number of rotatable bonds is 4. The Kier molecular flexibility index (Phi) is 4.86. The summed E-state index contributed by atoms with van der Waals surface area (Å²) in [5, 5.41) is 21.7. The molecule has 0 atom stereocenters. The molecule has 136 valence electrons. The number of hydrogen-bond donors (Lipinski definition) is 2. The lowest BCUT2D eigenvalue weighted by Gasteiger charge is -2.10. The summed E-state index contributed by atoms with van der Waals surface area (Å²) in [5.41, 5.74) is -2.29. The van der Waals surface area contributed by atoms with Crippen LogP contribution in [0, 0.1) is 10.1 Å². The van der Waals surface area contributed by atoms with Crippen molar-refractivity contribution in [3.8, 4) is 11.6 Å². The van der Waals surface area contributed by atoms with Gasteiger partial charge in [0.2, 0.25) is 5.88 Å². The molecular weight excluding hydrogens is 376 g/mol. The Balaban J connectivity index is 2.17. The van der Waals surface area contributed by atoms with E-state index in [-0.39, 0.29) is 27.6 Å². The summed E-state index contributed by atoms with van der Waals surface area (Å²) < 4.78 is 0.810. The first-order valence-electron chi connectivity index (χ1n) is 7.51. The summed E-state index contributed by atoms with van der Waals surface area (Å²) in [7, 11) is 0. The minimum Gasteiger partial charge on any atom is -0.493 e. The molecule has 0 amide bonds. The van der Waals surface area contributed by atoms with E-state index in [1.54, 1.807) is 12.1 Å². The van der Waals surface area contributed by atoms with Gasteiger partial charge in [-0.1, -0.05) is 35.9 Å². The fourth-order valence-electron chi connectivity index (χ4n) is 2.37. The van der Waals surface area contributed by atoms with Gasteiger partial charge in [-0.25, -0.2) is 14.4 Å². The molecule has 27 heavy (non-hydrogen) atoms. The van der Waals surface area contributed by atoms with E-state index in [9.17, 15) is 24.8 Å². The number of para-hydroxylation sites is 3. The molecule has 0 radical (unpaired) electrons. The molecule has 9 nitrogen and oxygen atoms in total. The molecule has 1 heterocycles. The Labute approximate surface area is 156 Å². The number of nitro groups is 1. The van der Waals surface area contributed by atoms with Crippen LogP contribution >= 0.6 is 11.6 Å². The van der Waals surface area contributed by atoms with E-state index in [4.69, 9.17) is 11.6 Å². The van der Waals surface area contributed by atoms with E-state index >= 15 is 0 Å². The first-order valence-corrected chi connectivity index (χ1v) is 7.88. The van der Waals surface area contributed by atoms with Gasteiger partial charge < -0.3 is 5.11 Å². The summed E-state index contributed by atoms with van der Waals surface area (Å²) in [6.07, 6.45) is 0.948. The molecule has 1 aromatic heterocycles. The second kappa shape index (κ2) is 7.26. The van der Waals surface area contributed by atoms with Crippen molar-refractivity contribution in [2.45, 2.75) is 0 Å². The quantitative estimate of drug-likeness (QED) is 0.404. The van der Waals surface area contributed by atoms with Crippen LogP contribution in [-0.4, -0.2) is 25.8 Å². The van der Waals surface area contributed by atoms with Crippen molar-refractivity contribution < 1.29 is 10.0 Å². The molecule has 0 aliphatic carbocycles. The smallest absolute Gasteiger partial charge is 0.335 e. The summed E-state index contributed by atoms with van der Waals surface area (Å²) in [6.45, 7) is 0. The Morgan fingerprint density at radius 1 is 1.15 bits per heavy atom. The lowest BCUT2D eigenvalue weighted by atomic mass is 10.2. The highest BCUT2D eigenvalue weighted by molar-refractivity contribution is 6.32. The minimum atomic E-state index is -0.900. The molecule has 0 aliphatic rings. The molecule has 0 saturated heterocycles.